The molecule has 2 aromatic carbocycles. The molecule has 2 nitrogen and oxygen atoms in total. The van der Waals surface area contributed by atoms with Crippen molar-refractivity contribution in [3.63, 3.8) is 0 Å². The molecular weight excluding hydrogens is 248 g/mol. The average Bonchev–Trinajstić information content (AvgIpc) is 2.87. The fraction of sp³-hybridized carbons (Fsp3) is 0.333. The van der Waals surface area contributed by atoms with E-state index in [0.717, 1.165) is 19.4 Å². The summed E-state index contributed by atoms with van der Waals surface area (Å²) < 4.78 is 10.6. The molecule has 0 unspecified atom stereocenters. The highest BCUT2D eigenvalue weighted by molar-refractivity contribution is 5.77. The summed E-state index contributed by atoms with van der Waals surface area (Å²) in [6.07, 6.45) is 2.03. The van der Waals surface area contributed by atoms with Crippen molar-refractivity contribution in [2.75, 3.05) is 26.9 Å². The molecule has 0 atom stereocenters. The second kappa shape index (κ2) is 6.21. The van der Waals surface area contributed by atoms with Crippen molar-refractivity contribution >= 4 is 0 Å². The second-order valence-electron chi connectivity index (χ2n) is 5.13. The standard InChI is InChI=1S/C18H20O2/c1-19-11-12-20-10-9-14-6-4-8-17-16-7-3-2-5-15(16)13-18(14)17/h2-8H,9-13H2,1H3. The minimum Gasteiger partial charge on any atom is -0.382 e. The molecule has 0 radical (unpaired) electrons. The van der Waals surface area contributed by atoms with Gasteiger partial charge in [0.05, 0.1) is 19.8 Å². The van der Waals surface area contributed by atoms with Gasteiger partial charge in [0.2, 0.25) is 0 Å². The predicted molar refractivity (Wildman–Crippen MR) is 81.1 cm³/mol. The number of methoxy groups -OCH3 is 1. The molecule has 0 fully saturated rings. The molecule has 3 rings (SSSR count). The van der Waals surface area contributed by atoms with Gasteiger partial charge in [0.1, 0.15) is 0 Å². The van der Waals surface area contributed by atoms with Crippen LogP contribution in [0.2, 0.25) is 0 Å². The summed E-state index contributed by atoms with van der Waals surface area (Å²) in [6, 6.07) is 15.3. The summed E-state index contributed by atoms with van der Waals surface area (Å²) in [5.74, 6) is 0. The number of ether oxygens (including phenoxy) is 2. The zero-order valence-electron chi connectivity index (χ0n) is 11.9. The van der Waals surface area contributed by atoms with Crippen LogP contribution in [0.15, 0.2) is 42.5 Å². The largest absolute Gasteiger partial charge is 0.382 e. The highest BCUT2D eigenvalue weighted by Crippen LogP contribution is 2.38. The Balaban J connectivity index is 1.73. The van der Waals surface area contributed by atoms with Crippen molar-refractivity contribution in [2.45, 2.75) is 12.8 Å². The first-order chi connectivity index (χ1) is 9.90. The number of benzene rings is 2. The Morgan fingerprint density at radius 2 is 1.75 bits per heavy atom. The van der Waals surface area contributed by atoms with Crippen LogP contribution in [0.5, 0.6) is 0 Å². The zero-order valence-corrected chi connectivity index (χ0v) is 11.9. The third kappa shape index (κ3) is 2.62. The van der Waals surface area contributed by atoms with Gasteiger partial charge < -0.3 is 9.47 Å². The van der Waals surface area contributed by atoms with E-state index in [1.807, 2.05) is 0 Å². The summed E-state index contributed by atoms with van der Waals surface area (Å²) in [5, 5.41) is 0. The number of rotatable bonds is 6. The van der Waals surface area contributed by atoms with Gasteiger partial charge in [-0.15, -0.1) is 0 Å². The first-order valence-corrected chi connectivity index (χ1v) is 7.16. The molecule has 0 aliphatic heterocycles. The molecule has 2 aromatic rings. The van der Waals surface area contributed by atoms with Crippen molar-refractivity contribution < 1.29 is 9.47 Å². The molecule has 20 heavy (non-hydrogen) atoms. The van der Waals surface area contributed by atoms with Crippen LogP contribution < -0.4 is 0 Å². The van der Waals surface area contributed by atoms with E-state index >= 15 is 0 Å². The van der Waals surface area contributed by atoms with Gasteiger partial charge in [0.25, 0.3) is 0 Å². The number of hydrogen-bond donors (Lipinski definition) is 0. The Labute approximate surface area is 120 Å². The second-order valence-corrected chi connectivity index (χ2v) is 5.13. The van der Waals surface area contributed by atoms with Crippen LogP contribution >= 0.6 is 0 Å². The lowest BCUT2D eigenvalue weighted by Crippen LogP contribution is -2.06. The van der Waals surface area contributed by atoms with Gasteiger partial charge in [-0.05, 0) is 40.7 Å². The molecule has 0 heterocycles. The fourth-order valence-electron chi connectivity index (χ4n) is 2.88. The van der Waals surface area contributed by atoms with E-state index < -0.39 is 0 Å². The highest BCUT2D eigenvalue weighted by atomic mass is 16.5. The minimum atomic E-state index is 0.665. The molecule has 0 amide bonds. The SMILES string of the molecule is COCCOCCc1cccc2c1Cc1ccccc1-2. The summed E-state index contributed by atoms with van der Waals surface area (Å²) in [6.45, 7) is 2.10. The molecule has 0 N–H and O–H groups in total. The monoisotopic (exact) mass is 268 g/mol. The lowest BCUT2D eigenvalue weighted by molar-refractivity contribution is 0.0722. The maximum absolute atomic E-state index is 5.59. The molecule has 0 spiro atoms. The molecule has 0 saturated heterocycles. The van der Waals surface area contributed by atoms with E-state index in [-0.39, 0.29) is 0 Å². The van der Waals surface area contributed by atoms with E-state index in [9.17, 15) is 0 Å². The predicted octanol–water partition coefficient (Wildman–Crippen LogP) is 3.46. The smallest absolute Gasteiger partial charge is 0.0700 e. The maximum Gasteiger partial charge on any atom is 0.0700 e. The van der Waals surface area contributed by atoms with E-state index in [0.29, 0.717) is 13.2 Å². The highest BCUT2D eigenvalue weighted by Gasteiger charge is 2.19. The maximum atomic E-state index is 5.59. The third-order valence-corrected chi connectivity index (χ3v) is 3.90. The summed E-state index contributed by atoms with van der Waals surface area (Å²) in [4.78, 5) is 0. The first-order valence-electron chi connectivity index (χ1n) is 7.16. The van der Waals surface area contributed by atoms with Gasteiger partial charge in [-0.1, -0.05) is 42.5 Å². The van der Waals surface area contributed by atoms with E-state index in [2.05, 4.69) is 42.5 Å². The van der Waals surface area contributed by atoms with E-state index in [1.54, 1.807) is 7.11 Å². The van der Waals surface area contributed by atoms with E-state index in [1.165, 1.54) is 27.8 Å². The molecular formula is C18H20O2. The van der Waals surface area contributed by atoms with Gasteiger partial charge in [-0.2, -0.15) is 0 Å². The zero-order chi connectivity index (χ0) is 13.8. The summed E-state index contributed by atoms with van der Waals surface area (Å²) in [5.41, 5.74) is 7.12. The third-order valence-electron chi connectivity index (χ3n) is 3.90. The normalized spacial score (nSPS) is 12.2. The lowest BCUT2D eigenvalue weighted by Gasteiger charge is -2.09. The Hall–Kier alpha value is -1.64. The Kier molecular flexibility index (Phi) is 4.14. The minimum absolute atomic E-state index is 0.665. The first kappa shape index (κ1) is 13.3. The molecule has 2 heteroatoms. The lowest BCUT2D eigenvalue weighted by atomic mass is 9.99. The van der Waals surface area contributed by atoms with Crippen molar-refractivity contribution in [1.29, 1.82) is 0 Å². The van der Waals surface area contributed by atoms with E-state index in [4.69, 9.17) is 9.47 Å². The van der Waals surface area contributed by atoms with Crippen molar-refractivity contribution in [3.8, 4) is 11.1 Å². The van der Waals surface area contributed by atoms with Crippen molar-refractivity contribution in [3.05, 3.63) is 59.2 Å². The topological polar surface area (TPSA) is 18.5 Å². The summed E-state index contributed by atoms with van der Waals surface area (Å²) >= 11 is 0. The average molecular weight is 268 g/mol. The van der Waals surface area contributed by atoms with Crippen LogP contribution in [0.3, 0.4) is 0 Å². The van der Waals surface area contributed by atoms with Crippen LogP contribution in [0.25, 0.3) is 11.1 Å². The van der Waals surface area contributed by atoms with Crippen molar-refractivity contribution in [1.82, 2.24) is 0 Å². The molecule has 0 saturated carbocycles. The van der Waals surface area contributed by atoms with Gasteiger partial charge in [0, 0.05) is 7.11 Å². The van der Waals surface area contributed by atoms with Crippen LogP contribution in [0, 0.1) is 0 Å². The van der Waals surface area contributed by atoms with Crippen LogP contribution in [-0.4, -0.2) is 26.9 Å². The Bertz CT molecular complexity index is 590. The van der Waals surface area contributed by atoms with Crippen LogP contribution in [0.1, 0.15) is 16.7 Å². The van der Waals surface area contributed by atoms with Gasteiger partial charge in [-0.25, -0.2) is 0 Å². The quantitative estimate of drug-likeness (QED) is 0.637. The van der Waals surface area contributed by atoms with Crippen LogP contribution in [-0.2, 0) is 22.3 Å². The number of fused-ring (bicyclic) bond motifs is 3. The molecule has 1 aliphatic rings. The van der Waals surface area contributed by atoms with Crippen molar-refractivity contribution in [2.24, 2.45) is 0 Å². The Morgan fingerprint density at radius 1 is 0.900 bits per heavy atom. The van der Waals surface area contributed by atoms with Gasteiger partial charge in [-0.3, -0.25) is 0 Å². The fourth-order valence-corrected chi connectivity index (χ4v) is 2.88. The van der Waals surface area contributed by atoms with Crippen LogP contribution in [0.4, 0.5) is 0 Å². The number of hydrogen-bond acceptors (Lipinski definition) is 2. The molecule has 104 valence electrons. The van der Waals surface area contributed by atoms with Gasteiger partial charge in [0.15, 0.2) is 0 Å². The van der Waals surface area contributed by atoms with Gasteiger partial charge >= 0.3 is 0 Å². The summed E-state index contributed by atoms with van der Waals surface area (Å²) in [7, 11) is 1.70. The Morgan fingerprint density at radius 3 is 2.65 bits per heavy atom. The molecule has 0 aromatic heterocycles. The molecule has 1 aliphatic carbocycles. The molecule has 0 bridgehead atoms.